The Kier molecular flexibility index (Phi) is 6.47. The molecule has 0 amide bonds. The topological polar surface area (TPSA) is 69.9 Å². The van der Waals surface area contributed by atoms with Gasteiger partial charge in [-0.1, -0.05) is 43.7 Å². The Morgan fingerprint density at radius 1 is 1.17 bits per heavy atom. The highest BCUT2D eigenvalue weighted by atomic mass is 32.2. The average molecular weight is 423 g/mol. The second-order valence-corrected chi connectivity index (χ2v) is 8.67. The molecule has 0 unspecified atom stereocenters. The molecule has 0 N–H and O–H groups in total. The van der Waals surface area contributed by atoms with Gasteiger partial charge in [-0.15, -0.1) is 10.2 Å². The number of benzene rings is 1. The lowest BCUT2D eigenvalue weighted by atomic mass is 9.85. The standard InChI is InChI=1S/C23H26N4O2S/c1-16-6-3-4-8-20(16)27-21(19-7-5-13-24-14-19)25-26-23(27)30-15-17-9-11-18(12-10-17)22(28)29-2/h5,7,9-14,16,20H,3-4,6,8,15H2,1-2H3/t16-,20-/m0/s1. The summed E-state index contributed by atoms with van der Waals surface area (Å²) in [5.41, 5.74) is 2.68. The van der Waals surface area contributed by atoms with Crippen LogP contribution < -0.4 is 0 Å². The molecule has 1 aliphatic rings. The number of carbonyl (C=O) groups is 1. The molecule has 156 valence electrons. The third-order valence-electron chi connectivity index (χ3n) is 5.73. The van der Waals surface area contributed by atoms with Gasteiger partial charge in [-0.3, -0.25) is 9.55 Å². The van der Waals surface area contributed by atoms with Gasteiger partial charge >= 0.3 is 5.97 Å². The van der Waals surface area contributed by atoms with Crippen LogP contribution in [0.1, 0.15) is 54.6 Å². The first kappa shape index (κ1) is 20.6. The molecule has 0 saturated heterocycles. The number of hydrogen-bond donors (Lipinski definition) is 0. The zero-order valence-corrected chi connectivity index (χ0v) is 18.1. The van der Waals surface area contributed by atoms with Crippen molar-refractivity contribution in [1.29, 1.82) is 0 Å². The van der Waals surface area contributed by atoms with Crippen LogP contribution >= 0.6 is 11.8 Å². The van der Waals surface area contributed by atoms with E-state index in [-0.39, 0.29) is 5.97 Å². The lowest BCUT2D eigenvalue weighted by molar-refractivity contribution is 0.0600. The lowest BCUT2D eigenvalue weighted by Crippen LogP contribution is -2.22. The fraction of sp³-hybridized carbons (Fsp3) is 0.391. The molecule has 0 aliphatic heterocycles. The van der Waals surface area contributed by atoms with E-state index in [4.69, 9.17) is 4.74 Å². The van der Waals surface area contributed by atoms with Gasteiger partial charge in [0.05, 0.1) is 12.7 Å². The van der Waals surface area contributed by atoms with E-state index in [9.17, 15) is 4.79 Å². The predicted octanol–water partition coefficient (Wildman–Crippen LogP) is 5.17. The molecule has 1 saturated carbocycles. The second-order valence-electron chi connectivity index (χ2n) is 7.72. The molecule has 1 fully saturated rings. The number of ether oxygens (including phenoxy) is 1. The fourth-order valence-electron chi connectivity index (χ4n) is 4.05. The first-order valence-electron chi connectivity index (χ1n) is 10.3. The maximum atomic E-state index is 11.6. The maximum absolute atomic E-state index is 11.6. The number of esters is 1. The monoisotopic (exact) mass is 422 g/mol. The fourth-order valence-corrected chi connectivity index (χ4v) is 5.00. The Morgan fingerprint density at radius 3 is 2.67 bits per heavy atom. The van der Waals surface area contributed by atoms with E-state index in [2.05, 4.69) is 26.7 Å². The van der Waals surface area contributed by atoms with Crippen molar-refractivity contribution in [3.63, 3.8) is 0 Å². The third-order valence-corrected chi connectivity index (χ3v) is 6.74. The SMILES string of the molecule is COC(=O)c1ccc(CSc2nnc(-c3cccnc3)n2[C@H]2CCCC[C@@H]2C)cc1. The highest BCUT2D eigenvalue weighted by Gasteiger charge is 2.28. The van der Waals surface area contributed by atoms with Crippen LogP contribution in [0, 0.1) is 5.92 Å². The second kappa shape index (κ2) is 9.43. The molecule has 0 spiro atoms. The maximum Gasteiger partial charge on any atom is 0.337 e. The molecule has 1 aliphatic carbocycles. The van der Waals surface area contributed by atoms with Gasteiger partial charge < -0.3 is 4.74 Å². The quantitative estimate of drug-likeness (QED) is 0.403. The summed E-state index contributed by atoms with van der Waals surface area (Å²) in [6.07, 6.45) is 8.53. The molecule has 0 radical (unpaired) electrons. The Morgan fingerprint density at radius 2 is 1.97 bits per heavy atom. The number of thioether (sulfide) groups is 1. The van der Waals surface area contributed by atoms with Crippen LogP contribution in [0.4, 0.5) is 0 Å². The van der Waals surface area contributed by atoms with Crippen LogP contribution in [0.2, 0.25) is 0 Å². The summed E-state index contributed by atoms with van der Waals surface area (Å²) in [5, 5.41) is 10.0. The summed E-state index contributed by atoms with van der Waals surface area (Å²) in [4.78, 5) is 15.9. The van der Waals surface area contributed by atoms with Crippen molar-refractivity contribution in [1.82, 2.24) is 19.7 Å². The van der Waals surface area contributed by atoms with Gasteiger partial charge in [0.1, 0.15) is 0 Å². The molecule has 30 heavy (non-hydrogen) atoms. The van der Waals surface area contributed by atoms with E-state index in [1.165, 1.54) is 26.4 Å². The minimum Gasteiger partial charge on any atom is -0.465 e. The Balaban J connectivity index is 1.60. The van der Waals surface area contributed by atoms with E-state index >= 15 is 0 Å². The number of nitrogens with zero attached hydrogens (tertiary/aromatic N) is 4. The zero-order valence-electron chi connectivity index (χ0n) is 17.3. The van der Waals surface area contributed by atoms with E-state index in [0.717, 1.165) is 34.3 Å². The number of pyridine rings is 1. The van der Waals surface area contributed by atoms with Crippen LogP contribution in [0.25, 0.3) is 11.4 Å². The molecule has 7 heteroatoms. The minimum atomic E-state index is -0.318. The molecule has 3 aromatic rings. The van der Waals surface area contributed by atoms with Crippen LogP contribution in [0.15, 0.2) is 53.9 Å². The van der Waals surface area contributed by atoms with Crippen LogP contribution in [0.3, 0.4) is 0 Å². The van der Waals surface area contributed by atoms with Crippen LogP contribution in [0.5, 0.6) is 0 Å². The normalized spacial score (nSPS) is 18.9. The van der Waals surface area contributed by atoms with Gasteiger partial charge in [-0.2, -0.15) is 0 Å². The Labute approximate surface area is 181 Å². The first-order chi connectivity index (χ1) is 14.7. The van der Waals surface area contributed by atoms with Crippen molar-refractivity contribution in [2.45, 2.75) is 49.6 Å². The summed E-state index contributed by atoms with van der Waals surface area (Å²) in [6, 6.07) is 11.9. The molecular weight excluding hydrogens is 396 g/mol. The zero-order chi connectivity index (χ0) is 20.9. The van der Waals surface area contributed by atoms with Gasteiger partial charge in [0.2, 0.25) is 0 Å². The summed E-state index contributed by atoms with van der Waals surface area (Å²) in [5.74, 6) is 1.92. The molecule has 0 bridgehead atoms. The molecule has 6 nitrogen and oxygen atoms in total. The average Bonchev–Trinajstić information content (AvgIpc) is 3.22. The molecule has 2 heterocycles. The highest BCUT2D eigenvalue weighted by Crippen LogP contribution is 2.39. The van der Waals surface area contributed by atoms with E-state index < -0.39 is 0 Å². The van der Waals surface area contributed by atoms with Gasteiger partial charge in [-0.05, 0) is 48.6 Å². The summed E-state index contributed by atoms with van der Waals surface area (Å²) < 4.78 is 7.10. The minimum absolute atomic E-state index is 0.318. The largest absolute Gasteiger partial charge is 0.465 e. The van der Waals surface area contributed by atoms with Crippen LogP contribution in [-0.2, 0) is 10.5 Å². The van der Waals surface area contributed by atoms with Gasteiger partial charge in [0.15, 0.2) is 11.0 Å². The number of methoxy groups -OCH3 is 1. The van der Waals surface area contributed by atoms with E-state index in [0.29, 0.717) is 17.5 Å². The van der Waals surface area contributed by atoms with Crippen molar-refractivity contribution < 1.29 is 9.53 Å². The first-order valence-corrected chi connectivity index (χ1v) is 11.3. The van der Waals surface area contributed by atoms with Crippen molar-refractivity contribution in [3.05, 3.63) is 59.9 Å². The number of carbonyl (C=O) groups excluding carboxylic acids is 1. The summed E-state index contributed by atoms with van der Waals surface area (Å²) >= 11 is 1.68. The molecular formula is C23H26N4O2S. The predicted molar refractivity (Wildman–Crippen MR) is 117 cm³/mol. The Hall–Kier alpha value is -2.67. The van der Waals surface area contributed by atoms with Crippen molar-refractivity contribution >= 4 is 17.7 Å². The number of rotatable bonds is 6. The van der Waals surface area contributed by atoms with E-state index in [1.807, 2.05) is 30.5 Å². The number of hydrogen-bond acceptors (Lipinski definition) is 6. The molecule has 2 atom stereocenters. The third kappa shape index (κ3) is 4.41. The van der Waals surface area contributed by atoms with Gasteiger partial charge in [-0.25, -0.2) is 4.79 Å². The van der Waals surface area contributed by atoms with Gasteiger partial charge in [0, 0.05) is 29.8 Å². The van der Waals surface area contributed by atoms with Crippen molar-refractivity contribution in [2.75, 3.05) is 7.11 Å². The Bertz CT molecular complexity index is 988. The summed E-state index contributed by atoms with van der Waals surface area (Å²) in [6.45, 7) is 2.33. The molecule has 1 aromatic carbocycles. The van der Waals surface area contributed by atoms with Crippen molar-refractivity contribution in [3.8, 4) is 11.4 Å². The lowest BCUT2D eigenvalue weighted by Gasteiger charge is -2.31. The number of aromatic nitrogens is 4. The highest BCUT2D eigenvalue weighted by molar-refractivity contribution is 7.98. The smallest absolute Gasteiger partial charge is 0.337 e. The molecule has 2 aromatic heterocycles. The molecule has 4 rings (SSSR count). The van der Waals surface area contributed by atoms with Crippen molar-refractivity contribution in [2.24, 2.45) is 5.92 Å². The summed E-state index contributed by atoms with van der Waals surface area (Å²) in [7, 11) is 1.39. The van der Waals surface area contributed by atoms with Crippen LogP contribution in [-0.4, -0.2) is 32.8 Å². The van der Waals surface area contributed by atoms with Gasteiger partial charge in [0.25, 0.3) is 0 Å². The van der Waals surface area contributed by atoms with E-state index in [1.54, 1.807) is 30.1 Å².